The first-order valence-corrected chi connectivity index (χ1v) is 17.6. The molecular weight excluding hydrogens is 597 g/mol. The molecule has 3 rings (SSSR count). The summed E-state index contributed by atoms with van der Waals surface area (Å²) in [6.07, 6.45) is -3.28. The highest BCUT2D eigenvalue weighted by atomic mass is 32.5. The standard InChI is InChI=1S/C21H40B3N3O11P2S/c1-4-6-21(3,12-9(5-2)34-18(22)13(12)25)38-39(29,30)32-8-11-17(15(27)20(24)36-11)37-40(31,41)33-7-10-16(28)14(26)19(23)35-10/h9-20,28H,4-8,25-27H2,1-3H3,(H,29,30)(H,31,41). The van der Waals surface area contributed by atoms with Gasteiger partial charge in [-0.1, -0.05) is 20.3 Å². The van der Waals surface area contributed by atoms with Gasteiger partial charge in [-0.3, -0.25) is 9.05 Å². The number of phosphoric acid groups is 1. The maximum Gasteiger partial charge on any atom is 0.472 e. The molecule has 0 spiro atoms. The highest BCUT2D eigenvalue weighted by molar-refractivity contribution is 8.07. The number of hydrogen-bond donors (Lipinski definition) is 6. The van der Waals surface area contributed by atoms with Crippen LogP contribution in [0.15, 0.2) is 0 Å². The predicted octanol–water partition coefficient (Wildman–Crippen LogP) is -1.65. The van der Waals surface area contributed by atoms with Crippen molar-refractivity contribution in [3.8, 4) is 0 Å². The van der Waals surface area contributed by atoms with E-state index in [1.165, 1.54) is 0 Å². The third kappa shape index (κ3) is 8.63. The monoisotopic (exact) mass is 637 g/mol. The zero-order valence-corrected chi connectivity index (χ0v) is 25.9. The first kappa shape index (κ1) is 36.0. The fourth-order valence-electron chi connectivity index (χ4n) is 5.59. The quantitative estimate of drug-likeness (QED) is 0.0928. The molecule has 20 heteroatoms. The van der Waals surface area contributed by atoms with Crippen LogP contribution in [0.5, 0.6) is 0 Å². The summed E-state index contributed by atoms with van der Waals surface area (Å²) in [5, 5.41) is 10.1. The van der Waals surface area contributed by atoms with Gasteiger partial charge in [0.05, 0.1) is 43.1 Å². The van der Waals surface area contributed by atoms with Gasteiger partial charge in [0.1, 0.15) is 41.9 Å². The molecule has 14 nitrogen and oxygen atoms in total. The second-order valence-corrected chi connectivity index (χ2v) is 15.0. The van der Waals surface area contributed by atoms with Gasteiger partial charge < -0.3 is 55.4 Å². The van der Waals surface area contributed by atoms with Gasteiger partial charge in [0.15, 0.2) is 0 Å². The molecule has 0 aromatic carbocycles. The molecule has 41 heavy (non-hydrogen) atoms. The van der Waals surface area contributed by atoms with Crippen LogP contribution in [0.3, 0.4) is 0 Å². The van der Waals surface area contributed by atoms with Crippen molar-refractivity contribution in [3.63, 3.8) is 0 Å². The van der Waals surface area contributed by atoms with E-state index in [0.717, 1.165) is 0 Å². The number of aliphatic hydroxyl groups excluding tert-OH is 1. The highest BCUT2D eigenvalue weighted by Crippen LogP contribution is 2.54. The van der Waals surface area contributed by atoms with Gasteiger partial charge in [-0.2, -0.15) is 0 Å². The SMILES string of the molecule is [B]C1OC(COP(O)(=S)OC2C(COP(=O)(O)OC(C)(CCC)C3C(CC)OC([B])C3N)OC([B])C2N)C(O)C1N. The molecule has 0 amide bonds. The molecule has 6 radical (unpaired) electrons. The summed E-state index contributed by atoms with van der Waals surface area (Å²) in [5.41, 5.74) is 16.9. The lowest BCUT2D eigenvalue weighted by Crippen LogP contribution is -2.50. The topological polar surface area (TPSA) is 220 Å². The Morgan fingerprint density at radius 3 is 2.00 bits per heavy atom. The van der Waals surface area contributed by atoms with Crippen LogP contribution in [0.2, 0.25) is 0 Å². The number of hydrogen-bond acceptors (Lipinski definition) is 13. The lowest BCUT2D eigenvalue weighted by molar-refractivity contribution is -0.0581. The van der Waals surface area contributed by atoms with Gasteiger partial charge >= 0.3 is 14.5 Å². The maximum absolute atomic E-state index is 13.2. The Labute approximate surface area is 250 Å². The smallest absolute Gasteiger partial charge is 0.389 e. The molecule has 0 bridgehead atoms. The van der Waals surface area contributed by atoms with Gasteiger partial charge in [0, 0.05) is 30.0 Å². The van der Waals surface area contributed by atoms with Crippen LogP contribution in [0.1, 0.15) is 40.0 Å². The third-order valence-corrected chi connectivity index (χ3v) is 10.4. The Hall–Kier alpha value is 0.555. The van der Waals surface area contributed by atoms with Crippen molar-refractivity contribution in [2.24, 2.45) is 23.1 Å². The maximum atomic E-state index is 13.2. The van der Waals surface area contributed by atoms with E-state index in [2.05, 4.69) is 0 Å². The summed E-state index contributed by atoms with van der Waals surface area (Å²) in [6, 6.07) is -5.26. The van der Waals surface area contributed by atoms with Gasteiger partial charge in [0.25, 0.3) is 0 Å². The zero-order chi connectivity index (χ0) is 30.9. The van der Waals surface area contributed by atoms with E-state index in [9.17, 15) is 19.5 Å². The number of rotatable bonds is 14. The molecule has 230 valence electrons. The van der Waals surface area contributed by atoms with Crippen molar-refractivity contribution in [1.82, 2.24) is 0 Å². The van der Waals surface area contributed by atoms with E-state index < -0.39 is 93.2 Å². The Kier molecular flexibility index (Phi) is 12.6. The van der Waals surface area contributed by atoms with Crippen molar-refractivity contribution < 1.29 is 51.8 Å². The molecule has 0 aromatic heterocycles. The molecule has 3 saturated heterocycles. The molecule has 15 atom stereocenters. The van der Waals surface area contributed by atoms with Crippen molar-refractivity contribution in [1.29, 1.82) is 0 Å². The largest absolute Gasteiger partial charge is 0.472 e. The van der Waals surface area contributed by atoms with Crippen molar-refractivity contribution >= 4 is 49.9 Å². The van der Waals surface area contributed by atoms with Crippen LogP contribution in [0.4, 0.5) is 0 Å². The van der Waals surface area contributed by atoms with E-state index in [-0.39, 0.29) is 12.7 Å². The first-order chi connectivity index (χ1) is 18.9. The normalized spacial score (nSPS) is 43.9. The zero-order valence-electron chi connectivity index (χ0n) is 23.3. The second kappa shape index (κ2) is 14.3. The fourth-order valence-corrected chi connectivity index (χ4v) is 8.18. The highest BCUT2D eigenvalue weighted by Gasteiger charge is 2.53. The molecule has 3 aliphatic heterocycles. The molecule has 0 aliphatic carbocycles. The van der Waals surface area contributed by atoms with Crippen LogP contribution in [-0.4, -0.2) is 124 Å². The number of ether oxygens (including phenoxy) is 3. The van der Waals surface area contributed by atoms with Crippen LogP contribution in [-0.2, 0) is 48.7 Å². The number of aliphatic hydroxyl groups is 1. The Morgan fingerprint density at radius 1 is 0.902 bits per heavy atom. The molecule has 3 heterocycles. The average molecular weight is 637 g/mol. The second-order valence-electron chi connectivity index (χ2n) is 10.8. The first-order valence-electron chi connectivity index (χ1n) is 13.5. The molecular formula is C21H40B3N3O11P2S. The summed E-state index contributed by atoms with van der Waals surface area (Å²) < 4.78 is 51.7. The summed E-state index contributed by atoms with van der Waals surface area (Å²) in [5.74, 6) is -0.490. The van der Waals surface area contributed by atoms with Crippen LogP contribution in [0.25, 0.3) is 0 Å². The van der Waals surface area contributed by atoms with E-state index >= 15 is 0 Å². The average Bonchev–Trinajstić information content (AvgIpc) is 3.42. The Morgan fingerprint density at radius 2 is 1.44 bits per heavy atom. The molecule has 0 aromatic rings. The van der Waals surface area contributed by atoms with Gasteiger partial charge in [-0.25, -0.2) is 4.57 Å². The molecule has 3 aliphatic rings. The lowest BCUT2D eigenvalue weighted by Gasteiger charge is -2.40. The van der Waals surface area contributed by atoms with Crippen molar-refractivity contribution in [3.05, 3.63) is 0 Å². The Balaban J connectivity index is 1.65. The van der Waals surface area contributed by atoms with Gasteiger partial charge in [-0.05, 0) is 31.6 Å². The Bertz CT molecular complexity index is 985. The van der Waals surface area contributed by atoms with E-state index in [1.54, 1.807) is 6.92 Å². The van der Waals surface area contributed by atoms with Gasteiger partial charge in [-0.15, -0.1) is 0 Å². The van der Waals surface area contributed by atoms with Gasteiger partial charge in [0.2, 0.25) is 0 Å². The van der Waals surface area contributed by atoms with E-state index in [0.29, 0.717) is 19.3 Å². The summed E-state index contributed by atoms with van der Waals surface area (Å²) >= 11 is 5.09. The number of phosphoric ester groups is 1. The summed E-state index contributed by atoms with van der Waals surface area (Å²) in [4.78, 5) is 21.4. The van der Waals surface area contributed by atoms with Crippen molar-refractivity contribution in [2.45, 2.75) is 112 Å². The van der Waals surface area contributed by atoms with Crippen molar-refractivity contribution in [2.75, 3.05) is 13.2 Å². The minimum Gasteiger partial charge on any atom is -0.389 e. The number of nitrogens with two attached hydrogens (primary N) is 3. The van der Waals surface area contributed by atoms with Crippen LogP contribution in [0, 0.1) is 5.92 Å². The third-order valence-electron chi connectivity index (χ3n) is 7.71. The van der Waals surface area contributed by atoms with Crippen LogP contribution >= 0.6 is 14.5 Å². The van der Waals surface area contributed by atoms with E-state index in [4.69, 9.17) is 84.9 Å². The lowest BCUT2D eigenvalue weighted by atomic mass is 9.74. The minimum atomic E-state index is -4.74. The predicted molar refractivity (Wildman–Crippen MR) is 154 cm³/mol. The summed E-state index contributed by atoms with van der Waals surface area (Å²) in [7, 11) is 12.8. The molecule has 3 fully saturated rings. The van der Waals surface area contributed by atoms with Crippen LogP contribution < -0.4 is 17.2 Å². The molecule has 15 unspecified atom stereocenters. The van der Waals surface area contributed by atoms with E-state index in [1.807, 2.05) is 13.8 Å². The summed E-state index contributed by atoms with van der Waals surface area (Å²) in [6.45, 7) is 0.508. The molecule has 0 saturated carbocycles. The molecule has 9 N–H and O–H groups in total. The fraction of sp³-hybridized carbons (Fsp3) is 1.00. The minimum absolute atomic E-state index is 0.368.